The zero-order valence-electron chi connectivity index (χ0n) is 10.0. The Morgan fingerprint density at radius 3 is 2.56 bits per heavy atom. The van der Waals surface area contributed by atoms with Crippen molar-refractivity contribution in [1.29, 1.82) is 0 Å². The summed E-state index contributed by atoms with van der Waals surface area (Å²) < 4.78 is 10.5. The van der Waals surface area contributed by atoms with Gasteiger partial charge in [0.25, 0.3) is 6.01 Å². The van der Waals surface area contributed by atoms with Crippen LogP contribution in [-0.4, -0.2) is 31.3 Å². The number of morpholine rings is 1. The van der Waals surface area contributed by atoms with Gasteiger partial charge in [0.05, 0.1) is 19.4 Å². The van der Waals surface area contributed by atoms with Crippen LogP contribution >= 0.6 is 0 Å². The molecular formula is C13H15N3O2. The molecule has 0 spiro atoms. The Kier molecular flexibility index (Phi) is 3.14. The van der Waals surface area contributed by atoms with Gasteiger partial charge in [0.15, 0.2) is 0 Å². The SMILES string of the molecule is c1coc(Nc2ccc(N3CCOCC3)cc2)n1. The summed E-state index contributed by atoms with van der Waals surface area (Å²) in [5.41, 5.74) is 2.19. The predicted octanol–water partition coefficient (Wildman–Crippen LogP) is 2.25. The van der Waals surface area contributed by atoms with Crippen molar-refractivity contribution in [2.45, 2.75) is 0 Å². The molecule has 0 unspecified atom stereocenters. The third-order valence-electron chi connectivity index (χ3n) is 2.93. The Labute approximate surface area is 105 Å². The molecule has 1 aromatic carbocycles. The Hall–Kier alpha value is -2.01. The molecule has 5 nitrogen and oxygen atoms in total. The van der Waals surface area contributed by atoms with Gasteiger partial charge in [-0.3, -0.25) is 0 Å². The van der Waals surface area contributed by atoms with Crippen LogP contribution in [-0.2, 0) is 4.74 Å². The van der Waals surface area contributed by atoms with Crippen LogP contribution in [0.2, 0.25) is 0 Å². The monoisotopic (exact) mass is 245 g/mol. The number of ether oxygens (including phenoxy) is 1. The molecule has 1 aliphatic rings. The number of anilines is 3. The molecule has 0 saturated carbocycles. The molecule has 18 heavy (non-hydrogen) atoms. The molecule has 1 fully saturated rings. The van der Waals surface area contributed by atoms with Crippen molar-refractivity contribution in [2.75, 3.05) is 36.5 Å². The molecule has 1 saturated heterocycles. The maximum Gasteiger partial charge on any atom is 0.299 e. The van der Waals surface area contributed by atoms with Crippen molar-refractivity contribution in [1.82, 2.24) is 4.98 Å². The van der Waals surface area contributed by atoms with Crippen molar-refractivity contribution in [2.24, 2.45) is 0 Å². The van der Waals surface area contributed by atoms with Gasteiger partial charge >= 0.3 is 0 Å². The Bertz CT molecular complexity index is 475. The highest BCUT2D eigenvalue weighted by Crippen LogP contribution is 2.21. The maximum atomic E-state index is 5.34. The van der Waals surface area contributed by atoms with Crippen molar-refractivity contribution >= 4 is 17.4 Å². The van der Waals surface area contributed by atoms with E-state index >= 15 is 0 Å². The minimum Gasteiger partial charge on any atom is -0.432 e. The van der Waals surface area contributed by atoms with Crippen LogP contribution in [0, 0.1) is 0 Å². The number of nitrogens with zero attached hydrogens (tertiary/aromatic N) is 2. The van der Waals surface area contributed by atoms with Gasteiger partial charge in [-0.15, -0.1) is 0 Å². The average Bonchev–Trinajstić information content (AvgIpc) is 2.94. The highest BCUT2D eigenvalue weighted by molar-refractivity contribution is 5.58. The zero-order valence-corrected chi connectivity index (χ0v) is 10.0. The fourth-order valence-electron chi connectivity index (χ4n) is 1.99. The van der Waals surface area contributed by atoms with Crippen molar-refractivity contribution < 1.29 is 9.15 Å². The van der Waals surface area contributed by atoms with Gasteiger partial charge in [-0.25, -0.2) is 4.98 Å². The molecule has 94 valence electrons. The van der Waals surface area contributed by atoms with E-state index in [0.29, 0.717) is 6.01 Å². The Morgan fingerprint density at radius 1 is 1.11 bits per heavy atom. The van der Waals surface area contributed by atoms with Crippen LogP contribution in [0.1, 0.15) is 0 Å². The van der Waals surface area contributed by atoms with E-state index in [-0.39, 0.29) is 0 Å². The van der Waals surface area contributed by atoms with E-state index in [9.17, 15) is 0 Å². The Morgan fingerprint density at radius 2 is 1.89 bits per heavy atom. The van der Waals surface area contributed by atoms with Crippen LogP contribution in [0.25, 0.3) is 0 Å². The molecule has 1 N–H and O–H groups in total. The molecule has 0 atom stereocenters. The van der Waals surface area contributed by atoms with Crippen LogP contribution in [0.15, 0.2) is 41.1 Å². The maximum absolute atomic E-state index is 5.34. The number of hydrogen-bond acceptors (Lipinski definition) is 5. The summed E-state index contributed by atoms with van der Waals surface area (Å²) in [6.07, 6.45) is 3.16. The lowest BCUT2D eigenvalue weighted by atomic mass is 10.2. The standard InChI is InChI=1S/C13H15N3O2/c1-3-12(16-6-9-17-10-7-16)4-2-11(1)15-13-14-5-8-18-13/h1-5,8H,6-7,9-10H2,(H,14,15). The summed E-state index contributed by atoms with van der Waals surface area (Å²) in [5, 5.41) is 3.09. The molecule has 0 radical (unpaired) electrons. The molecule has 0 bridgehead atoms. The normalized spacial score (nSPS) is 15.7. The van der Waals surface area contributed by atoms with Crippen molar-refractivity contribution in [3.8, 4) is 0 Å². The largest absolute Gasteiger partial charge is 0.432 e. The van der Waals surface area contributed by atoms with Gasteiger partial charge in [-0.2, -0.15) is 0 Å². The molecule has 0 aliphatic carbocycles. The Balaban J connectivity index is 1.68. The lowest BCUT2D eigenvalue weighted by Crippen LogP contribution is -2.36. The summed E-state index contributed by atoms with van der Waals surface area (Å²) in [6.45, 7) is 3.51. The van der Waals surface area contributed by atoms with Crippen molar-refractivity contribution in [3.05, 3.63) is 36.7 Å². The molecule has 5 heteroatoms. The molecule has 2 aromatic rings. The lowest BCUT2D eigenvalue weighted by molar-refractivity contribution is 0.122. The fraction of sp³-hybridized carbons (Fsp3) is 0.308. The topological polar surface area (TPSA) is 50.5 Å². The van der Waals surface area contributed by atoms with Gasteiger partial charge < -0.3 is 19.4 Å². The third-order valence-corrected chi connectivity index (χ3v) is 2.93. The van der Waals surface area contributed by atoms with E-state index in [4.69, 9.17) is 9.15 Å². The van der Waals surface area contributed by atoms with E-state index in [1.807, 2.05) is 12.1 Å². The molecule has 3 rings (SSSR count). The van der Waals surface area contributed by atoms with Crippen LogP contribution in [0.5, 0.6) is 0 Å². The first-order valence-electron chi connectivity index (χ1n) is 6.01. The van der Waals surface area contributed by atoms with Gasteiger partial charge in [-0.1, -0.05) is 0 Å². The number of rotatable bonds is 3. The first kappa shape index (κ1) is 11.1. The molecule has 2 heterocycles. The summed E-state index contributed by atoms with van der Waals surface area (Å²) in [4.78, 5) is 6.34. The number of hydrogen-bond donors (Lipinski definition) is 1. The lowest BCUT2D eigenvalue weighted by Gasteiger charge is -2.28. The highest BCUT2D eigenvalue weighted by Gasteiger charge is 2.10. The molecule has 1 aliphatic heterocycles. The average molecular weight is 245 g/mol. The minimum absolute atomic E-state index is 0.508. The van der Waals surface area contributed by atoms with Crippen LogP contribution in [0.3, 0.4) is 0 Å². The first-order valence-corrected chi connectivity index (χ1v) is 6.01. The van der Waals surface area contributed by atoms with Gasteiger partial charge in [0, 0.05) is 24.5 Å². The van der Waals surface area contributed by atoms with E-state index in [1.165, 1.54) is 5.69 Å². The van der Waals surface area contributed by atoms with Crippen molar-refractivity contribution in [3.63, 3.8) is 0 Å². The van der Waals surface area contributed by atoms with Crippen LogP contribution < -0.4 is 10.2 Å². The number of nitrogens with one attached hydrogen (secondary N) is 1. The van der Waals surface area contributed by atoms with E-state index in [1.54, 1.807) is 12.5 Å². The second-order valence-electron chi connectivity index (χ2n) is 4.11. The second-order valence-corrected chi connectivity index (χ2v) is 4.11. The number of aromatic nitrogens is 1. The summed E-state index contributed by atoms with van der Waals surface area (Å²) in [5.74, 6) is 0. The van der Waals surface area contributed by atoms with E-state index in [0.717, 1.165) is 32.0 Å². The molecule has 0 amide bonds. The van der Waals surface area contributed by atoms with Gasteiger partial charge in [-0.05, 0) is 24.3 Å². The summed E-state index contributed by atoms with van der Waals surface area (Å²) in [6, 6.07) is 8.74. The highest BCUT2D eigenvalue weighted by atomic mass is 16.5. The third kappa shape index (κ3) is 2.46. The van der Waals surface area contributed by atoms with E-state index in [2.05, 4.69) is 27.3 Å². The van der Waals surface area contributed by atoms with Gasteiger partial charge in [0.1, 0.15) is 6.26 Å². The van der Waals surface area contributed by atoms with Gasteiger partial charge in [0.2, 0.25) is 0 Å². The summed E-state index contributed by atoms with van der Waals surface area (Å²) in [7, 11) is 0. The smallest absolute Gasteiger partial charge is 0.299 e. The second kappa shape index (κ2) is 5.10. The first-order chi connectivity index (χ1) is 8.92. The fourth-order valence-corrected chi connectivity index (χ4v) is 1.99. The zero-order chi connectivity index (χ0) is 12.2. The van der Waals surface area contributed by atoms with Crippen LogP contribution in [0.4, 0.5) is 17.4 Å². The number of benzene rings is 1. The minimum atomic E-state index is 0.508. The molecular weight excluding hydrogens is 230 g/mol. The number of oxazole rings is 1. The quantitative estimate of drug-likeness (QED) is 0.898. The van der Waals surface area contributed by atoms with E-state index < -0.39 is 0 Å². The summed E-state index contributed by atoms with van der Waals surface area (Å²) >= 11 is 0. The predicted molar refractivity (Wildman–Crippen MR) is 69.3 cm³/mol. The molecule has 1 aromatic heterocycles.